The van der Waals surface area contributed by atoms with E-state index in [0.717, 1.165) is 19.0 Å². The highest BCUT2D eigenvalue weighted by molar-refractivity contribution is 5.77. The lowest BCUT2D eigenvalue weighted by Crippen LogP contribution is -2.56. The second-order valence-corrected chi connectivity index (χ2v) is 5.64. The molecule has 3 fully saturated rings. The highest BCUT2D eigenvalue weighted by Gasteiger charge is 2.33. The molecule has 0 aliphatic carbocycles. The Morgan fingerprint density at radius 1 is 1.29 bits per heavy atom. The Bertz CT molecular complexity index is 259. The molecule has 1 unspecified atom stereocenters. The lowest BCUT2D eigenvalue weighted by molar-refractivity contribution is -0.123. The van der Waals surface area contributed by atoms with Gasteiger partial charge in [-0.05, 0) is 31.8 Å². The molecule has 3 rings (SSSR count). The largest absolute Gasteiger partial charge is 0.355 e. The van der Waals surface area contributed by atoms with Crippen molar-refractivity contribution >= 4 is 5.91 Å². The summed E-state index contributed by atoms with van der Waals surface area (Å²) in [5.74, 6) is 1.10. The van der Waals surface area contributed by atoms with Crippen LogP contribution in [0.5, 0.6) is 0 Å². The van der Waals surface area contributed by atoms with Gasteiger partial charge in [-0.2, -0.15) is 0 Å². The van der Waals surface area contributed by atoms with Gasteiger partial charge in [-0.3, -0.25) is 4.79 Å². The van der Waals surface area contributed by atoms with Crippen LogP contribution in [0.3, 0.4) is 0 Å². The molecule has 3 aliphatic rings. The van der Waals surface area contributed by atoms with Crippen LogP contribution in [0.1, 0.15) is 26.7 Å². The zero-order valence-corrected chi connectivity index (χ0v) is 11.0. The minimum Gasteiger partial charge on any atom is -0.355 e. The summed E-state index contributed by atoms with van der Waals surface area (Å²) in [7, 11) is 0. The molecule has 3 heterocycles. The fourth-order valence-electron chi connectivity index (χ4n) is 2.84. The minimum atomic E-state index is 0.0896. The SMILES string of the molecule is CC(C)C(=O)NCCNC1CN2CCC1CC2. The number of hydrogen-bond acceptors (Lipinski definition) is 3. The zero-order chi connectivity index (χ0) is 12.3. The fraction of sp³-hybridized carbons (Fsp3) is 0.923. The van der Waals surface area contributed by atoms with E-state index in [1.807, 2.05) is 13.8 Å². The van der Waals surface area contributed by atoms with Gasteiger partial charge in [-0.1, -0.05) is 13.8 Å². The van der Waals surface area contributed by atoms with Gasteiger partial charge in [0.05, 0.1) is 0 Å². The number of nitrogens with one attached hydrogen (secondary N) is 2. The topological polar surface area (TPSA) is 44.4 Å². The van der Waals surface area contributed by atoms with Crippen molar-refractivity contribution in [2.24, 2.45) is 11.8 Å². The summed E-state index contributed by atoms with van der Waals surface area (Å²) < 4.78 is 0. The molecule has 0 aromatic carbocycles. The van der Waals surface area contributed by atoms with E-state index in [4.69, 9.17) is 0 Å². The van der Waals surface area contributed by atoms with Crippen LogP contribution in [0.2, 0.25) is 0 Å². The normalized spacial score (nSPS) is 31.8. The summed E-state index contributed by atoms with van der Waals surface area (Å²) >= 11 is 0. The van der Waals surface area contributed by atoms with E-state index in [1.54, 1.807) is 0 Å². The Kier molecular flexibility index (Phi) is 4.40. The molecule has 0 aromatic heterocycles. The van der Waals surface area contributed by atoms with Crippen molar-refractivity contribution in [3.63, 3.8) is 0 Å². The first kappa shape index (κ1) is 12.8. The van der Waals surface area contributed by atoms with Gasteiger partial charge in [0, 0.05) is 31.6 Å². The van der Waals surface area contributed by atoms with Gasteiger partial charge in [0.25, 0.3) is 0 Å². The molecule has 0 saturated carbocycles. The van der Waals surface area contributed by atoms with Gasteiger partial charge in [0.2, 0.25) is 5.91 Å². The maximum atomic E-state index is 11.4. The number of amides is 1. The predicted molar refractivity (Wildman–Crippen MR) is 68.8 cm³/mol. The average Bonchev–Trinajstić information content (AvgIpc) is 2.35. The Morgan fingerprint density at radius 2 is 2.00 bits per heavy atom. The molecule has 2 N–H and O–H groups in total. The van der Waals surface area contributed by atoms with Gasteiger partial charge in [0.15, 0.2) is 0 Å². The standard InChI is InChI=1S/C13H25N3O/c1-10(2)13(17)15-6-5-14-12-9-16-7-3-11(12)4-8-16/h10-12,14H,3-9H2,1-2H3,(H,15,17). The van der Waals surface area contributed by atoms with Crippen molar-refractivity contribution in [3.05, 3.63) is 0 Å². The predicted octanol–water partition coefficient (Wildman–Crippen LogP) is 0.442. The van der Waals surface area contributed by atoms with Crippen molar-refractivity contribution in [2.45, 2.75) is 32.7 Å². The number of carbonyl (C=O) groups is 1. The Balaban J connectivity index is 1.61. The molecule has 17 heavy (non-hydrogen) atoms. The van der Waals surface area contributed by atoms with Gasteiger partial charge >= 0.3 is 0 Å². The van der Waals surface area contributed by atoms with E-state index in [1.165, 1.54) is 32.5 Å². The average molecular weight is 239 g/mol. The Morgan fingerprint density at radius 3 is 2.53 bits per heavy atom. The van der Waals surface area contributed by atoms with Crippen molar-refractivity contribution in [3.8, 4) is 0 Å². The lowest BCUT2D eigenvalue weighted by atomic mass is 9.84. The number of carbonyl (C=O) groups excluding carboxylic acids is 1. The smallest absolute Gasteiger partial charge is 0.222 e. The third-order valence-electron chi connectivity index (χ3n) is 4.01. The molecule has 0 radical (unpaired) electrons. The summed E-state index contributed by atoms with van der Waals surface area (Å²) in [6, 6.07) is 0.647. The number of nitrogens with zero attached hydrogens (tertiary/aromatic N) is 1. The van der Waals surface area contributed by atoms with E-state index < -0.39 is 0 Å². The van der Waals surface area contributed by atoms with E-state index >= 15 is 0 Å². The van der Waals surface area contributed by atoms with Crippen molar-refractivity contribution in [1.29, 1.82) is 0 Å². The van der Waals surface area contributed by atoms with Crippen LogP contribution in [-0.2, 0) is 4.79 Å². The zero-order valence-electron chi connectivity index (χ0n) is 11.0. The minimum absolute atomic E-state index is 0.0896. The van der Waals surface area contributed by atoms with Gasteiger partial charge in [-0.25, -0.2) is 0 Å². The summed E-state index contributed by atoms with van der Waals surface area (Å²) in [6.07, 6.45) is 2.69. The number of piperidine rings is 3. The van der Waals surface area contributed by atoms with Crippen molar-refractivity contribution < 1.29 is 4.79 Å². The molecule has 0 aromatic rings. The molecule has 2 bridgehead atoms. The summed E-state index contributed by atoms with van der Waals surface area (Å²) in [5.41, 5.74) is 0. The van der Waals surface area contributed by atoms with Crippen molar-refractivity contribution in [2.75, 3.05) is 32.7 Å². The van der Waals surface area contributed by atoms with Gasteiger partial charge < -0.3 is 15.5 Å². The summed E-state index contributed by atoms with van der Waals surface area (Å²) in [4.78, 5) is 13.9. The first-order valence-electron chi connectivity index (χ1n) is 6.90. The maximum absolute atomic E-state index is 11.4. The quantitative estimate of drug-likeness (QED) is 0.684. The molecule has 4 heteroatoms. The van der Waals surface area contributed by atoms with Crippen LogP contribution in [0.25, 0.3) is 0 Å². The first-order valence-corrected chi connectivity index (χ1v) is 6.90. The molecule has 4 nitrogen and oxygen atoms in total. The number of rotatable bonds is 5. The van der Waals surface area contributed by atoms with Crippen LogP contribution < -0.4 is 10.6 Å². The number of fused-ring (bicyclic) bond motifs is 3. The molecular weight excluding hydrogens is 214 g/mol. The van der Waals surface area contributed by atoms with E-state index in [9.17, 15) is 4.79 Å². The van der Waals surface area contributed by atoms with E-state index in [2.05, 4.69) is 15.5 Å². The molecule has 3 saturated heterocycles. The molecule has 1 atom stereocenters. The maximum Gasteiger partial charge on any atom is 0.222 e. The molecular formula is C13H25N3O. The highest BCUT2D eigenvalue weighted by Crippen LogP contribution is 2.27. The third kappa shape index (κ3) is 3.42. The lowest BCUT2D eigenvalue weighted by Gasteiger charge is -2.45. The number of hydrogen-bond donors (Lipinski definition) is 2. The molecule has 3 aliphatic heterocycles. The second-order valence-electron chi connectivity index (χ2n) is 5.64. The van der Waals surface area contributed by atoms with Crippen LogP contribution in [0, 0.1) is 11.8 Å². The van der Waals surface area contributed by atoms with E-state index in [-0.39, 0.29) is 11.8 Å². The molecule has 98 valence electrons. The third-order valence-corrected chi connectivity index (χ3v) is 4.01. The van der Waals surface area contributed by atoms with Crippen LogP contribution in [-0.4, -0.2) is 49.6 Å². The van der Waals surface area contributed by atoms with E-state index in [0.29, 0.717) is 6.04 Å². The van der Waals surface area contributed by atoms with Gasteiger partial charge in [-0.15, -0.1) is 0 Å². The van der Waals surface area contributed by atoms with Crippen LogP contribution in [0.15, 0.2) is 0 Å². The molecule has 1 amide bonds. The Labute approximate surface area is 104 Å². The Hall–Kier alpha value is -0.610. The monoisotopic (exact) mass is 239 g/mol. The second kappa shape index (κ2) is 5.83. The van der Waals surface area contributed by atoms with Gasteiger partial charge in [0.1, 0.15) is 0 Å². The van der Waals surface area contributed by atoms with Crippen LogP contribution in [0.4, 0.5) is 0 Å². The fourth-order valence-corrected chi connectivity index (χ4v) is 2.84. The highest BCUT2D eigenvalue weighted by atomic mass is 16.1. The first-order chi connectivity index (χ1) is 8.16. The van der Waals surface area contributed by atoms with Crippen molar-refractivity contribution in [1.82, 2.24) is 15.5 Å². The summed E-state index contributed by atoms with van der Waals surface area (Å²) in [5, 5.41) is 6.54. The molecule has 0 spiro atoms. The van der Waals surface area contributed by atoms with Crippen LogP contribution >= 0.6 is 0 Å². The summed E-state index contributed by atoms with van der Waals surface area (Å²) in [6.45, 7) is 9.27.